The Hall–Kier alpha value is -1.89. The fraction of sp³-hybridized carbons (Fsp3) is 0.737. The van der Waals surface area contributed by atoms with Crippen molar-refractivity contribution in [2.75, 3.05) is 31.7 Å². The van der Waals surface area contributed by atoms with Crippen LogP contribution in [0.15, 0.2) is 17.1 Å². The van der Waals surface area contributed by atoms with Crippen molar-refractivity contribution in [2.24, 2.45) is 5.92 Å². The van der Waals surface area contributed by atoms with Crippen molar-refractivity contribution in [1.29, 1.82) is 0 Å². The Balaban J connectivity index is 1.55. The number of ether oxygens (including phenoxy) is 1. The maximum Gasteiger partial charge on any atom is 0.268 e. The molecular weight excluding hydrogens is 332 g/mol. The number of anilines is 1. The van der Waals surface area contributed by atoms with Gasteiger partial charge in [-0.05, 0) is 31.6 Å². The van der Waals surface area contributed by atoms with E-state index in [4.69, 9.17) is 4.74 Å². The molecule has 0 aromatic carbocycles. The van der Waals surface area contributed by atoms with Crippen LogP contribution in [-0.4, -0.2) is 48.5 Å². The molecule has 1 aromatic rings. The van der Waals surface area contributed by atoms with Gasteiger partial charge in [-0.2, -0.15) is 5.10 Å². The van der Waals surface area contributed by atoms with Crippen LogP contribution in [0.4, 0.5) is 5.69 Å². The van der Waals surface area contributed by atoms with Gasteiger partial charge in [0.1, 0.15) is 0 Å². The zero-order valence-electron chi connectivity index (χ0n) is 15.7. The molecule has 7 heteroatoms. The van der Waals surface area contributed by atoms with Crippen LogP contribution in [0.3, 0.4) is 0 Å². The van der Waals surface area contributed by atoms with E-state index in [1.165, 1.54) is 17.5 Å². The molecule has 7 nitrogen and oxygen atoms in total. The van der Waals surface area contributed by atoms with Gasteiger partial charge in [0.05, 0.1) is 25.0 Å². The molecule has 0 spiro atoms. The van der Waals surface area contributed by atoms with Gasteiger partial charge in [0, 0.05) is 38.7 Å². The van der Waals surface area contributed by atoms with Crippen molar-refractivity contribution in [3.63, 3.8) is 0 Å². The molecule has 1 unspecified atom stereocenters. The number of rotatable bonds is 7. The molecule has 144 valence electrons. The Bertz CT molecular complexity index is 654. The summed E-state index contributed by atoms with van der Waals surface area (Å²) < 4.78 is 6.42. The Morgan fingerprint density at radius 1 is 1.31 bits per heavy atom. The zero-order valence-corrected chi connectivity index (χ0v) is 15.7. The quantitative estimate of drug-likeness (QED) is 0.796. The van der Waals surface area contributed by atoms with E-state index in [1.54, 1.807) is 19.4 Å². The lowest BCUT2D eigenvalue weighted by Crippen LogP contribution is -2.40. The highest BCUT2D eigenvalue weighted by atomic mass is 16.5. The number of amides is 1. The van der Waals surface area contributed by atoms with Gasteiger partial charge in [-0.15, -0.1) is 0 Å². The third-order valence-electron chi connectivity index (χ3n) is 5.44. The number of hydrogen-bond acceptors (Lipinski definition) is 5. The lowest BCUT2D eigenvalue weighted by molar-refractivity contribution is -0.122. The molecule has 1 amide bonds. The number of nitrogens with zero attached hydrogens (tertiary/aromatic N) is 3. The standard InChI is InChI=1S/C19H30N4O3/c1-26-10-9-23-19(25)12-17(13-20-23)22-8-4-5-15(14-22)11-18(24)21-16-6-2-3-7-16/h12-13,15-16H,2-11,14H2,1H3,(H,21,24). The Kier molecular flexibility index (Phi) is 6.66. The summed E-state index contributed by atoms with van der Waals surface area (Å²) in [5, 5.41) is 7.43. The summed E-state index contributed by atoms with van der Waals surface area (Å²) in [5.74, 6) is 0.512. The van der Waals surface area contributed by atoms with E-state index in [0.29, 0.717) is 31.5 Å². The summed E-state index contributed by atoms with van der Waals surface area (Å²) in [6, 6.07) is 2.02. The van der Waals surface area contributed by atoms with E-state index < -0.39 is 0 Å². The largest absolute Gasteiger partial charge is 0.383 e. The second-order valence-corrected chi connectivity index (χ2v) is 7.48. The van der Waals surface area contributed by atoms with Crippen LogP contribution in [0.1, 0.15) is 44.9 Å². The third kappa shape index (κ3) is 5.06. The summed E-state index contributed by atoms with van der Waals surface area (Å²) in [4.78, 5) is 26.7. The highest BCUT2D eigenvalue weighted by Crippen LogP contribution is 2.24. The molecule has 0 bridgehead atoms. The lowest BCUT2D eigenvalue weighted by atomic mass is 9.94. The van der Waals surface area contributed by atoms with Gasteiger partial charge in [0.25, 0.3) is 5.56 Å². The van der Waals surface area contributed by atoms with Gasteiger partial charge < -0.3 is 15.0 Å². The van der Waals surface area contributed by atoms with Crippen molar-refractivity contribution in [3.8, 4) is 0 Å². The minimum absolute atomic E-state index is 0.111. The molecule has 0 radical (unpaired) electrons. The van der Waals surface area contributed by atoms with Crippen LogP contribution in [0.5, 0.6) is 0 Å². The van der Waals surface area contributed by atoms with Gasteiger partial charge in [-0.25, -0.2) is 4.68 Å². The first-order valence-electron chi connectivity index (χ1n) is 9.76. The number of nitrogens with one attached hydrogen (secondary N) is 1. The maximum absolute atomic E-state index is 12.3. The summed E-state index contributed by atoms with van der Waals surface area (Å²) in [5.41, 5.74) is 0.741. The van der Waals surface area contributed by atoms with E-state index in [-0.39, 0.29) is 11.5 Å². The second-order valence-electron chi connectivity index (χ2n) is 7.48. The first kappa shape index (κ1) is 18.9. The maximum atomic E-state index is 12.3. The summed E-state index contributed by atoms with van der Waals surface area (Å²) in [6.07, 6.45) is 9.11. The van der Waals surface area contributed by atoms with E-state index in [0.717, 1.165) is 44.5 Å². The van der Waals surface area contributed by atoms with Crippen molar-refractivity contribution >= 4 is 11.6 Å². The number of carbonyl (C=O) groups is 1. The monoisotopic (exact) mass is 362 g/mol. The molecular formula is C19H30N4O3. The number of carbonyl (C=O) groups excluding carboxylic acids is 1. The average Bonchev–Trinajstić information content (AvgIpc) is 3.13. The SMILES string of the molecule is COCCn1ncc(N2CCCC(CC(=O)NC3CCCC3)C2)cc1=O. The van der Waals surface area contributed by atoms with Gasteiger partial charge in [-0.3, -0.25) is 9.59 Å². The van der Waals surface area contributed by atoms with Crippen LogP contribution < -0.4 is 15.8 Å². The fourth-order valence-corrected chi connectivity index (χ4v) is 4.03. The highest BCUT2D eigenvalue weighted by molar-refractivity contribution is 5.76. The van der Waals surface area contributed by atoms with E-state index in [9.17, 15) is 9.59 Å². The second kappa shape index (κ2) is 9.16. The summed E-state index contributed by atoms with van der Waals surface area (Å²) in [7, 11) is 1.61. The lowest BCUT2D eigenvalue weighted by Gasteiger charge is -2.34. The van der Waals surface area contributed by atoms with Gasteiger partial charge in [-0.1, -0.05) is 12.8 Å². The fourth-order valence-electron chi connectivity index (χ4n) is 4.03. The predicted molar refractivity (Wildman–Crippen MR) is 100 cm³/mol. The Morgan fingerprint density at radius 3 is 2.85 bits per heavy atom. The Morgan fingerprint density at radius 2 is 2.12 bits per heavy atom. The van der Waals surface area contributed by atoms with Crippen molar-refractivity contribution in [2.45, 2.75) is 57.5 Å². The number of aromatic nitrogens is 2. The minimum atomic E-state index is -0.111. The number of piperidine rings is 1. The van der Waals surface area contributed by atoms with Gasteiger partial charge >= 0.3 is 0 Å². The van der Waals surface area contributed by atoms with E-state index in [1.807, 2.05) is 0 Å². The average molecular weight is 362 g/mol. The molecule has 3 rings (SSSR count). The molecule has 26 heavy (non-hydrogen) atoms. The minimum Gasteiger partial charge on any atom is -0.383 e. The summed E-state index contributed by atoms with van der Waals surface area (Å²) >= 11 is 0. The van der Waals surface area contributed by atoms with Crippen LogP contribution in [0.2, 0.25) is 0 Å². The predicted octanol–water partition coefficient (Wildman–Crippen LogP) is 1.55. The Labute approximate surface area is 154 Å². The zero-order chi connectivity index (χ0) is 18.4. The molecule has 1 atom stereocenters. The molecule has 1 aliphatic heterocycles. The van der Waals surface area contributed by atoms with Gasteiger partial charge in [0.15, 0.2) is 0 Å². The molecule has 1 saturated carbocycles. The molecule has 1 N–H and O–H groups in total. The van der Waals surface area contributed by atoms with Gasteiger partial charge in [0.2, 0.25) is 5.91 Å². The molecule has 2 heterocycles. The first-order chi connectivity index (χ1) is 12.7. The van der Waals surface area contributed by atoms with Crippen LogP contribution >= 0.6 is 0 Å². The first-order valence-corrected chi connectivity index (χ1v) is 9.76. The highest BCUT2D eigenvalue weighted by Gasteiger charge is 2.24. The third-order valence-corrected chi connectivity index (χ3v) is 5.44. The van der Waals surface area contributed by atoms with Crippen LogP contribution in [0.25, 0.3) is 0 Å². The van der Waals surface area contributed by atoms with E-state index in [2.05, 4.69) is 15.3 Å². The smallest absolute Gasteiger partial charge is 0.268 e. The number of methoxy groups -OCH3 is 1. The molecule has 2 aliphatic rings. The van der Waals surface area contributed by atoms with Crippen molar-refractivity contribution in [1.82, 2.24) is 15.1 Å². The molecule has 1 saturated heterocycles. The normalized spacial score (nSPS) is 21.1. The molecule has 1 aromatic heterocycles. The molecule has 1 aliphatic carbocycles. The summed E-state index contributed by atoms with van der Waals surface area (Å²) in [6.45, 7) is 2.64. The van der Waals surface area contributed by atoms with Crippen LogP contribution in [-0.2, 0) is 16.1 Å². The molecule has 2 fully saturated rings. The number of hydrogen-bond donors (Lipinski definition) is 1. The topological polar surface area (TPSA) is 76.5 Å². The van der Waals surface area contributed by atoms with E-state index >= 15 is 0 Å². The van der Waals surface area contributed by atoms with Crippen molar-refractivity contribution < 1.29 is 9.53 Å². The van der Waals surface area contributed by atoms with Crippen LogP contribution in [0, 0.1) is 5.92 Å². The van der Waals surface area contributed by atoms with Crippen molar-refractivity contribution in [3.05, 3.63) is 22.6 Å².